The highest BCUT2D eigenvalue weighted by atomic mass is 35.5. The van der Waals surface area contributed by atoms with Crippen LogP contribution in [0.15, 0.2) is 18.2 Å². The summed E-state index contributed by atoms with van der Waals surface area (Å²) in [4.78, 5) is 15.3. The van der Waals surface area contributed by atoms with Gasteiger partial charge in [-0.25, -0.2) is 0 Å². The Morgan fingerprint density at radius 2 is 2.04 bits per heavy atom. The van der Waals surface area contributed by atoms with E-state index in [0.29, 0.717) is 36.8 Å². The van der Waals surface area contributed by atoms with Crippen molar-refractivity contribution in [1.29, 1.82) is 0 Å². The molecule has 0 saturated carbocycles. The van der Waals surface area contributed by atoms with Crippen LogP contribution in [0.1, 0.15) is 37.7 Å². The number of primary amides is 1. The fraction of sp³-hybridized carbons (Fsp3) is 0.650. The zero-order chi connectivity index (χ0) is 19.6. The van der Waals surface area contributed by atoms with Crippen molar-refractivity contribution in [2.45, 2.75) is 44.8 Å². The molecule has 7 heteroatoms. The van der Waals surface area contributed by atoms with Gasteiger partial charge in [0.1, 0.15) is 18.5 Å². The van der Waals surface area contributed by atoms with Crippen LogP contribution in [0.5, 0.6) is 5.75 Å². The quantitative estimate of drug-likeness (QED) is 0.633. The molecule has 1 aliphatic rings. The Morgan fingerprint density at radius 1 is 1.33 bits per heavy atom. The number of hydrogen-bond donors (Lipinski definition) is 2. The minimum Gasteiger partial charge on any atom is -0.491 e. The predicted octanol–water partition coefficient (Wildman–Crippen LogP) is 2.26. The maximum absolute atomic E-state index is 11.0. The molecule has 0 aliphatic carbocycles. The lowest BCUT2D eigenvalue weighted by Crippen LogP contribution is -2.36. The number of carbonyl (C=O) groups excluding carboxylic acids is 1. The van der Waals surface area contributed by atoms with E-state index in [4.69, 9.17) is 22.1 Å². The third-order valence-corrected chi connectivity index (χ3v) is 5.04. The smallest absolute Gasteiger partial charge is 0.218 e. The molecular weight excluding hydrogens is 366 g/mol. The van der Waals surface area contributed by atoms with Crippen molar-refractivity contribution in [3.05, 3.63) is 28.8 Å². The molecule has 0 bridgehead atoms. The van der Waals surface area contributed by atoms with Crippen LogP contribution in [0, 0.1) is 0 Å². The highest BCUT2D eigenvalue weighted by Gasteiger charge is 2.15. The van der Waals surface area contributed by atoms with Gasteiger partial charge in [0.2, 0.25) is 5.91 Å². The van der Waals surface area contributed by atoms with Gasteiger partial charge in [0, 0.05) is 36.6 Å². The first-order valence-electron chi connectivity index (χ1n) is 9.72. The van der Waals surface area contributed by atoms with Gasteiger partial charge >= 0.3 is 0 Å². The largest absolute Gasteiger partial charge is 0.491 e. The van der Waals surface area contributed by atoms with Crippen molar-refractivity contribution in [2.24, 2.45) is 5.73 Å². The lowest BCUT2D eigenvalue weighted by molar-refractivity contribution is -0.118. The highest BCUT2D eigenvalue weighted by Crippen LogP contribution is 2.24. The number of rotatable bonds is 10. The minimum absolute atomic E-state index is 0.246. The van der Waals surface area contributed by atoms with Gasteiger partial charge < -0.3 is 25.4 Å². The molecule has 27 heavy (non-hydrogen) atoms. The summed E-state index contributed by atoms with van der Waals surface area (Å²) in [7, 11) is 1.92. The number of aliphatic hydroxyl groups excluding tert-OH is 1. The van der Waals surface area contributed by atoms with E-state index in [9.17, 15) is 9.90 Å². The molecule has 0 unspecified atom stereocenters. The van der Waals surface area contributed by atoms with E-state index < -0.39 is 6.10 Å². The van der Waals surface area contributed by atoms with Gasteiger partial charge in [-0.2, -0.15) is 0 Å². The molecule has 1 fully saturated rings. The van der Waals surface area contributed by atoms with Gasteiger partial charge in [0.15, 0.2) is 0 Å². The molecule has 1 aromatic carbocycles. The molecule has 0 radical (unpaired) electrons. The lowest BCUT2D eigenvalue weighted by Gasteiger charge is -2.24. The van der Waals surface area contributed by atoms with Gasteiger partial charge in [-0.1, -0.05) is 24.4 Å². The summed E-state index contributed by atoms with van der Waals surface area (Å²) < 4.78 is 5.90. The van der Waals surface area contributed by atoms with E-state index >= 15 is 0 Å². The minimum atomic E-state index is -0.529. The maximum Gasteiger partial charge on any atom is 0.218 e. The van der Waals surface area contributed by atoms with E-state index in [1.54, 1.807) is 6.07 Å². The lowest BCUT2D eigenvalue weighted by atomic mass is 10.2. The van der Waals surface area contributed by atoms with Gasteiger partial charge in [-0.15, -0.1) is 0 Å². The molecule has 1 saturated heterocycles. The molecular formula is C20H32ClN3O3. The first kappa shape index (κ1) is 22.0. The number of halogens is 1. The molecule has 0 aromatic heterocycles. The zero-order valence-corrected chi connectivity index (χ0v) is 17.0. The highest BCUT2D eigenvalue weighted by molar-refractivity contribution is 6.30. The van der Waals surface area contributed by atoms with Crippen molar-refractivity contribution in [3.8, 4) is 5.75 Å². The summed E-state index contributed by atoms with van der Waals surface area (Å²) in [5.41, 5.74) is 6.14. The Morgan fingerprint density at radius 3 is 2.70 bits per heavy atom. The van der Waals surface area contributed by atoms with Crippen LogP contribution in [0.4, 0.5) is 0 Å². The van der Waals surface area contributed by atoms with E-state index in [-0.39, 0.29) is 12.5 Å². The number of amides is 1. The Bertz CT molecular complexity index is 592. The van der Waals surface area contributed by atoms with Crippen LogP contribution in [-0.4, -0.2) is 66.8 Å². The maximum atomic E-state index is 11.0. The second-order valence-corrected chi connectivity index (χ2v) is 7.82. The molecule has 0 spiro atoms. The second-order valence-electron chi connectivity index (χ2n) is 7.39. The van der Waals surface area contributed by atoms with Crippen molar-refractivity contribution >= 4 is 17.5 Å². The van der Waals surface area contributed by atoms with Gasteiger partial charge in [-0.3, -0.25) is 4.79 Å². The molecule has 1 atom stereocenters. The van der Waals surface area contributed by atoms with E-state index in [2.05, 4.69) is 4.90 Å². The monoisotopic (exact) mass is 397 g/mol. The fourth-order valence-corrected chi connectivity index (χ4v) is 3.53. The number of nitrogens with two attached hydrogens (primary N) is 1. The van der Waals surface area contributed by atoms with Crippen LogP contribution >= 0.6 is 11.6 Å². The summed E-state index contributed by atoms with van der Waals surface area (Å²) in [5, 5.41) is 11.0. The van der Waals surface area contributed by atoms with Crippen LogP contribution in [0.2, 0.25) is 5.02 Å². The molecule has 6 nitrogen and oxygen atoms in total. The van der Waals surface area contributed by atoms with Crippen LogP contribution in [-0.2, 0) is 11.3 Å². The summed E-state index contributed by atoms with van der Waals surface area (Å²) in [5.74, 6) is 0.390. The summed E-state index contributed by atoms with van der Waals surface area (Å²) >= 11 is 6.13. The number of hydrogen-bond acceptors (Lipinski definition) is 5. The Kier molecular flexibility index (Phi) is 9.34. The number of β-amino-alcohol motifs (C(OH)–C–C–N with tert-alkyl or cyclic N) is 1. The van der Waals surface area contributed by atoms with Crippen LogP contribution in [0.3, 0.4) is 0 Å². The van der Waals surface area contributed by atoms with Crippen LogP contribution in [0.25, 0.3) is 0 Å². The fourth-order valence-electron chi connectivity index (χ4n) is 3.34. The van der Waals surface area contributed by atoms with Crippen molar-refractivity contribution < 1.29 is 14.6 Å². The third-order valence-electron chi connectivity index (χ3n) is 4.80. The normalized spacial score (nSPS) is 16.9. The molecule has 152 valence electrons. The SMILES string of the molecule is CN(CCC(N)=O)Cc1cc(Cl)ccc1OC[C@H](O)CN1CCCCCC1. The average molecular weight is 398 g/mol. The summed E-state index contributed by atoms with van der Waals surface area (Å²) in [6.07, 6.45) is 4.74. The number of carbonyl (C=O) groups is 1. The average Bonchev–Trinajstić information content (AvgIpc) is 2.88. The van der Waals surface area contributed by atoms with Gasteiger partial charge in [-0.05, 0) is 51.2 Å². The number of benzene rings is 1. The second kappa shape index (κ2) is 11.5. The Hall–Kier alpha value is -1.34. The van der Waals surface area contributed by atoms with E-state index in [1.807, 2.05) is 24.1 Å². The molecule has 3 N–H and O–H groups in total. The Balaban J connectivity index is 1.88. The summed E-state index contributed by atoms with van der Waals surface area (Å²) in [6.45, 7) is 4.14. The molecule has 1 heterocycles. The van der Waals surface area contributed by atoms with Gasteiger partial charge in [0.05, 0.1) is 0 Å². The van der Waals surface area contributed by atoms with Crippen molar-refractivity contribution in [1.82, 2.24) is 9.80 Å². The van der Waals surface area contributed by atoms with Gasteiger partial charge in [0.25, 0.3) is 0 Å². The van der Waals surface area contributed by atoms with Crippen LogP contribution < -0.4 is 10.5 Å². The van der Waals surface area contributed by atoms with Crippen molar-refractivity contribution in [2.75, 3.05) is 39.8 Å². The number of nitrogens with zero attached hydrogens (tertiary/aromatic N) is 2. The number of ether oxygens (including phenoxy) is 1. The van der Waals surface area contributed by atoms with E-state index in [0.717, 1.165) is 18.7 Å². The number of likely N-dealkylation sites (tertiary alicyclic amines) is 1. The standard InChI is InChI=1S/C20H32ClN3O3/c1-23(11-8-20(22)26)13-16-12-17(21)6-7-19(16)27-15-18(25)14-24-9-4-2-3-5-10-24/h6-7,12,18,25H,2-5,8-11,13-15H2,1H3,(H2,22,26)/t18-/m1/s1. The first-order chi connectivity index (χ1) is 12.9. The first-order valence-corrected chi connectivity index (χ1v) is 10.1. The molecule has 1 aromatic rings. The summed E-state index contributed by atoms with van der Waals surface area (Å²) in [6, 6.07) is 5.47. The third kappa shape index (κ3) is 8.47. The molecule has 1 aliphatic heterocycles. The van der Waals surface area contributed by atoms with E-state index in [1.165, 1.54) is 25.7 Å². The number of aliphatic hydroxyl groups is 1. The topological polar surface area (TPSA) is 79.0 Å². The molecule has 2 rings (SSSR count). The molecule has 1 amide bonds. The Labute approximate surface area is 167 Å². The van der Waals surface area contributed by atoms with Crippen molar-refractivity contribution in [3.63, 3.8) is 0 Å². The predicted molar refractivity (Wildman–Crippen MR) is 108 cm³/mol. The zero-order valence-electron chi connectivity index (χ0n) is 16.2.